The fourth-order valence-corrected chi connectivity index (χ4v) is 2.29. The second-order valence-corrected chi connectivity index (χ2v) is 5.11. The number of hydrogen-bond acceptors (Lipinski definition) is 3. The number of rotatable bonds is 4. The van der Waals surface area contributed by atoms with Crippen molar-refractivity contribution in [3.05, 3.63) is 77.6 Å². The van der Waals surface area contributed by atoms with Crippen LogP contribution in [0.4, 0.5) is 0 Å². The average Bonchev–Trinajstić information content (AvgIpc) is 3.00. The topological polar surface area (TPSA) is 50.9 Å². The molecule has 0 spiro atoms. The maximum Gasteiger partial charge on any atom is 0.102 e. The lowest BCUT2D eigenvalue weighted by Crippen LogP contribution is -2.09. The molecule has 3 rings (SSSR count). The van der Waals surface area contributed by atoms with Gasteiger partial charge in [0, 0.05) is 6.42 Å². The number of hydrogen-bond donors (Lipinski definition) is 1. The second kappa shape index (κ2) is 5.89. The van der Waals surface area contributed by atoms with Gasteiger partial charge in [0.15, 0.2) is 0 Å². The van der Waals surface area contributed by atoms with E-state index in [2.05, 4.69) is 29.4 Å². The van der Waals surface area contributed by atoms with Gasteiger partial charge in [-0.1, -0.05) is 53.2 Å². The molecule has 1 heterocycles. The van der Waals surface area contributed by atoms with Crippen molar-refractivity contribution in [1.29, 1.82) is 0 Å². The first-order valence-electron chi connectivity index (χ1n) is 6.93. The lowest BCUT2D eigenvalue weighted by atomic mass is 10.0. The van der Waals surface area contributed by atoms with Crippen LogP contribution < -0.4 is 0 Å². The van der Waals surface area contributed by atoms with Gasteiger partial charge in [0.1, 0.15) is 6.10 Å². The summed E-state index contributed by atoms with van der Waals surface area (Å²) in [7, 11) is 0. The van der Waals surface area contributed by atoms with Gasteiger partial charge in [-0.25, -0.2) is 4.68 Å². The van der Waals surface area contributed by atoms with Crippen molar-refractivity contribution in [2.45, 2.75) is 19.4 Å². The maximum atomic E-state index is 10.5. The molecular weight excluding hydrogens is 262 g/mol. The molecule has 106 valence electrons. The van der Waals surface area contributed by atoms with E-state index in [0.29, 0.717) is 12.1 Å². The Morgan fingerprint density at radius 1 is 1.05 bits per heavy atom. The number of nitrogens with zero attached hydrogens (tertiary/aromatic N) is 3. The number of benzene rings is 2. The molecule has 0 saturated heterocycles. The van der Waals surface area contributed by atoms with Crippen molar-refractivity contribution in [1.82, 2.24) is 15.0 Å². The van der Waals surface area contributed by atoms with Crippen LogP contribution >= 0.6 is 0 Å². The van der Waals surface area contributed by atoms with Gasteiger partial charge in [0.05, 0.1) is 17.6 Å². The predicted octanol–water partition coefficient (Wildman–Crippen LogP) is 2.85. The fraction of sp³-hybridized carbons (Fsp3) is 0.176. The molecule has 0 aliphatic carbocycles. The van der Waals surface area contributed by atoms with Gasteiger partial charge in [0.2, 0.25) is 0 Å². The van der Waals surface area contributed by atoms with Crippen LogP contribution in [-0.4, -0.2) is 20.1 Å². The molecule has 1 atom stereocenters. The lowest BCUT2D eigenvalue weighted by molar-refractivity contribution is 0.170. The largest absolute Gasteiger partial charge is 0.386 e. The number of para-hydroxylation sites is 1. The minimum atomic E-state index is -0.636. The van der Waals surface area contributed by atoms with Gasteiger partial charge in [-0.2, -0.15) is 0 Å². The Hall–Kier alpha value is -2.46. The molecule has 2 aromatic carbocycles. The van der Waals surface area contributed by atoms with Gasteiger partial charge in [-0.15, -0.1) is 5.10 Å². The highest BCUT2D eigenvalue weighted by Crippen LogP contribution is 2.20. The first-order chi connectivity index (χ1) is 10.2. The van der Waals surface area contributed by atoms with Crippen LogP contribution in [-0.2, 0) is 6.42 Å². The number of aryl methyl sites for hydroxylation is 1. The van der Waals surface area contributed by atoms with Gasteiger partial charge in [-0.05, 0) is 24.6 Å². The molecule has 4 nitrogen and oxygen atoms in total. The second-order valence-electron chi connectivity index (χ2n) is 5.11. The van der Waals surface area contributed by atoms with Crippen LogP contribution in [0, 0.1) is 6.92 Å². The summed E-state index contributed by atoms with van der Waals surface area (Å²) in [5.41, 5.74) is 3.90. The first kappa shape index (κ1) is 13.5. The molecule has 1 unspecified atom stereocenters. The monoisotopic (exact) mass is 279 g/mol. The molecule has 1 aromatic heterocycles. The third-order valence-electron chi connectivity index (χ3n) is 3.47. The lowest BCUT2D eigenvalue weighted by Gasteiger charge is -2.12. The van der Waals surface area contributed by atoms with Gasteiger partial charge in [-0.3, -0.25) is 0 Å². The molecule has 0 aliphatic rings. The molecule has 0 bridgehead atoms. The summed E-state index contributed by atoms with van der Waals surface area (Å²) in [6.45, 7) is 2.05. The third-order valence-corrected chi connectivity index (χ3v) is 3.47. The normalized spacial score (nSPS) is 12.3. The molecule has 0 saturated carbocycles. The fourth-order valence-electron chi connectivity index (χ4n) is 2.29. The number of aliphatic hydroxyl groups is 1. The van der Waals surface area contributed by atoms with Gasteiger partial charge >= 0.3 is 0 Å². The van der Waals surface area contributed by atoms with Gasteiger partial charge in [0.25, 0.3) is 0 Å². The summed E-state index contributed by atoms with van der Waals surface area (Å²) >= 11 is 0. The highest BCUT2D eigenvalue weighted by molar-refractivity contribution is 5.32. The Labute approximate surface area is 123 Å². The zero-order valence-corrected chi connectivity index (χ0v) is 11.8. The number of aromatic nitrogens is 3. The minimum absolute atomic E-state index is 0.542. The summed E-state index contributed by atoms with van der Waals surface area (Å²) in [4.78, 5) is 0. The van der Waals surface area contributed by atoms with E-state index < -0.39 is 6.10 Å². The van der Waals surface area contributed by atoms with Crippen molar-refractivity contribution >= 4 is 0 Å². The summed E-state index contributed by atoms with van der Waals surface area (Å²) in [5, 5.41) is 18.5. The predicted molar refractivity (Wildman–Crippen MR) is 81.2 cm³/mol. The van der Waals surface area contributed by atoms with E-state index in [1.807, 2.05) is 42.5 Å². The van der Waals surface area contributed by atoms with E-state index in [4.69, 9.17) is 0 Å². The molecular formula is C17H17N3O. The molecule has 0 aliphatic heterocycles. The Bertz CT molecular complexity index is 704. The van der Waals surface area contributed by atoms with Crippen molar-refractivity contribution < 1.29 is 5.11 Å². The Kier molecular flexibility index (Phi) is 3.79. The van der Waals surface area contributed by atoms with E-state index in [9.17, 15) is 5.11 Å². The third kappa shape index (κ3) is 3.01. The van der Waals surface area contributed by atoms with Gasteiger partial charge < -0.3 is 5.11 Å². The highest BCUT2D eigenvalue weighted by atomic mass is 16.3. The van der Waals surface area contributed by atoms with Crippen LogP contribution in [0.15, 0.2) is 60.8 Å². The standard InChI is InChI=1S/C17H17N3O/c1-13-7-9-14(10-8-13)11-17(21)16-12-18-19-20(16)15-5-3-2-4-6-15/h2-10,12,17,21H,11H2,1H3. The quantitative estimate of drug-likeness (QED) is 0.799. The van der Waals surface area contributed by atoms with Crippen LogP contribution in [0.1, 0.15) is 22.9 Å². The molecule has 0 amide bonds. The van der Waals surface area contributed by atoms with E-state index in [0.717, 1.165) is 11.3 Å². The smallest absolute Gasteiger partial charge is 0.102 e. The Balaban J connectivity index is 1.84. The molecule has 3 aromatic rings. The summed E-state index contributed by atoms with van der Waals surface area (Å²) < 4.78 is 1.68. The van der Waals surface area contributed by atoms with Crippen molar-refractivity contribution in [2.75, 3.05) is 0 Å². The summed E-state index contributed by atoms with van der Waals surface area (Å²) in [5.74, 6) is 0. The molecule has 0 fully saturated rings. The van der Waals surface area contributed by atoms with E-state index in [-0.39, 0.29) is 0 Å². The zero-order chi connectivity index (χ0) is 14.7. The van der Waals surface area contributed by atoms with Crippen molar-refractivity contribution in [3.63, 3.8) is 0 Å². The molecule has 4 heteroatoms. The molecule has 1 N–H and O–H groups in total. The van der Waals surface area contributed by atoms with E-state index >= 15 is 0 Å². The van der Waals surface area contributed by atoms with Crippen molar-refractivity contribution in [2.24, 2.45) is 0 Å². The van der Waals surface area contributed by atoms with Crippen LogP contribution in [0.5, 0.6) is 0 Å². The zero-order valence-electron chi connectivity index (χ0n) is 11.8. The minimum Gasteiger partial charge on any atom is -0.386 e. The Morgan fingerprint density at radius 2 is 1.76 bits per heavy atom. The molecule has 21 heavy (non-hydrogen) atoms. The number of aliphatic hydroxyl groups excluding tert-OH is 1. The van der Waals surface area contributed by atoms with Crippen LogP contribution in [0.25, 0.3) is 5.69 Å². The SMILES string of the molecule is Cc1ccc(CC(O)c2cnnn2-c2ccccc2)cc1. The summed E-state index contributed by atoms with van der Waals surface area (Å²) in [6, 6.07) is 17.9. The first-order valence-corrected chi connectivity index (χ1v) is 6.93. The molecule has 0 radical (unpaired) electrons. The van der Waals surface area contributed by atoms with Crippen LogP contribution in [0.2, 0.25) is 0 Å². The van der Waals surface area contributed by atoms with E-state index in [1.165, 1.54) is 5.56 Å². The van der Waals surface area contributed by atoms with Crippen molar-refractivity contribution in [3.8, 4) is 5.69 Å². The summed E-state index contributed by atoms with van der Waals surface area (Å²) in [6.07, 6.45) is 1.52. The Morgan fingerprint density at radius 3 is 2.48 bits per heavy atom. The average molecular weight is 279 g/mol. The highest BCUT2D eigenvalue weighted by Gasteiger charge is 2.15. The van der Waals surface area contributed by atoms with Crippen LogP contribution in [0.3, 0.4) is 0 Å². The van der Waals surface area contributed by atoms with E-state index in [1.54, 1.807) is 10.9 Å². The maximum absolute atomic E-state index is 10.5.